The largest absolute Gasteiger partial charge is 0.289 e. The van der Waals surface area contributed by atoms with Gasteiger partial charge in [0.15, 0.2) is 11.2 Å². The molecule has 0 radical (unpaired) electrons. The van der Waals surface area contributed by atoms with Gasteiger partial charge in [0.25, 0.3) is 0 Å². The highest BCUT2D eigenvalue weighted by molar-refractivity contribution is 7.91. The van der Waals surface area contributed by atoms with Crippen LogP contribution in [0.5, 0.6) is 0 Å². The molecule has 38 heavy (non-hydrogen) atoms. The van der Waals surface area contributed by atoms with Crippen molar-refractivity contribution in [3.05, 3.63) is 116 Å². The van der Waals surface area contributed by atoms with E-state index >= 15 is 0 Å². The van der Waals surface area contributed by atoms with Crippen molar-refractivity contribution in [3.63, 3.8) is 0 Å². The molecule has 0 bridgehead atoms. The van der Waals surface area contributed by atoms with E-state index in [0.29, 0.717) is 5.56 Å². The molecule has 0 unspecified atom stereocenters. The first-order valence-electron chi connectivity index (χ1n) is 11.7. The van der Waals surface area contributed by atoms with Gasteiger partial charge in [-0.3, -0.25) is 20.1 Å². The second-order valence-corrected chi connectivity index (χ2v) is 12.1. The molecule has 2 N–H and O–H groups in total. The molecule has 2 heterocycles. The van der Waals surface area contributed by atoms with Gasteiger partial charge in [-0.2, -0.15) is 0 Å². The molecule has 0 spiro atoms. The van der Waals surface area contributed by atoms with Crippen molar-refractivity contribution in [2.24, 2.45) is 0 Å². The lowest BCUT2D eigenvalue weighted by Gasteiger charge is -2.20. The Balaban J connectivity index is 0.000000167. The standard InChI is InChI=1S/C15H12O3S.C15H12OS.H2O2/c1-9-7-10(2)15-12(8-9)14(16)11-5-3-4-6-13(11)19(15,17)18;1-9-7-10(2)15-12(8-9)14(16)11-5-3-4-6-13(11)17-15;1-2/h3-8H,1-2H3;3-8H,1-2H3;1-2H. The summed E-state index contributed by atoms with van der Waals surface area (Å²) in [7, 11) is -3.60. The summed E-state index contributed by atoms with van der Waals surface area (Å²) in [6.45, 7) is 7.68. The predicted molar refractivity (Wildman–Crippen MR) is 152 cm³/mol. The lowest BCUT2D eigenvalue weighted by atomic mass is 9.98. The highest BCUT2D eigenvalue weighted by atomic mass is 32.2. The summed E-state index contributed by atoms with van der Waals surface area (Å²) in [5.74, 6) is -0.216. The number of hydrogen-bond donors (Lipinski definition) is 2. The van der Waals surface area contributed by atoms with Crippen molar-refractivity contribution in [1.82, 2.24) is 0 Å². The van der Waals surface area contributed by atoms with Crippen LogP contribution in [-0.4, -0.2) is 24.7 Å². The number of aryl methyl sites for hydroxylation is 4. The summed E-state index contributed by atoms with van der Waals surface area (Å²) in [6, 6.07) is 21.8. The molecule has 4 aromatic carbocycles. The van der Waals surface area contributed by atoms with Crippen LogP contribution in [-0.2, 0) is 9.84 Å². The van der Waals surface area contributed by atoms with Crippen molar-refractivity contribution in [3.8, 4) is 0 Å². The van der Waals surface area contributed by atoms with E-state index in [1.54, 1.807) is 48.6 Å². The summed E-state index contributed by atoms with van der Waals surface area (Å²) in [5.41, 5.74) is 4.55. The molecule has 1 aliphatic rings. The second kappa shape index (κ2) is 10.6. The Kier molecular flexibility index (Phi) is 7.62. The fourth-order valence-electron chi connectivity index (χ4n) is 4.88. The summed E-state index contributed by atoms with van der Waals surface area (Å²) in [5, 5.41) is 13.7. The van der Waals surface area contributed by atoms with E-state index in [4.69, 9.17) is 10.5 Å². The van der Waals surface area contributed by atoms with Crippen LogP contribution < -0.4 is 5.43 Å². The van der Waals surface area contributed by atoms with E-state index in [1.165, 1.54) is 11.6 Å². The van der Waals surface area contributed by atoms with Gasteiger partial charge in [0.05, 0.1) is 9.79 Å². The minimum atomic E-state index is -3.60. The number of hydrogen-bond acceptors (Lipinski definition) is 7. The van der Waals surface area contributed by atoms with Gasteiger partial charge >= 0.3 is 0 Å². The smallest absolute Gasteiger partial charge is 0.208 e. The maximum absolute atomic E-state index is 12.6. The summed E-state index contributed by atoms with van der Waals surface area (Å²) in [4.78, 5) is 25.1. The van der Waals surface area contributed by atoms with E-state index in [9.17, 15) is 18.0 Å². The fourth-order valence-corrected chi connectivity index (χ4v) is 7.85. The van der Waals surface area contributed by atoms with Gasteiger partial charge in [0, 0.05) is 31.3 Å². The first-order chi connectivity index (χ1) is 18.1. The zero-order valence-corrected chi connectivity index (χ0v) is 22.9. The van der Waals surface area contributed by atoms with E-state index in [0.717, 1.165) is 31.3 Å². The van der Waals surface area contributed by atoms with Gasteiger partial charge in [-0.05, 0) is 75.2 Å². The Labute approximate surface area is 224 Å². The monoisotopic (exact) mass is 546 g/mol. The van der Waals surface area contributed by atoms with Crippen LogP contribution in [0.4, 0.5) is 0 Å². The number of ketones is 1. The van der Waals surface area contributed by atoms with Crippen LogP contribution in [0.25, 0.3) is 20.2 Å². The number of rotatable bonds is 0. The SMILES string of the molecule is Cc1cc(C)c2c(c1)C(=O)c1ccccc1S2(=O)=O.Cc1cc(C)c2sc3ccccc3c(=O)c2c1.OO. The van der Waals surface area contributed by atoms with Crippen LogP contribution >= 0.6 is 11.3 Å². The highest BCUT2D eigenvalue weighted by Gasteiger charge is 2.35. The Morgan fingerprint density at radius 3 is 2.03 bits per heavy atom. The van der Waals surface area contributed by atoms with Gasteiger partial charge in [-0.1, -0.05) is 47.5 Å². The minimum Gasteiger partial charge on any atom is -0.289 e. The Morgan fingerprint density at radius 1 is 0.684 bits per heavy atom. The van der Waals surface area contributed by atoms with Crippen LogP contribution in [0.2, 0.25) is 0 Å². The maximum Gasteiger partial charge on any atom is 0.208 e. The molecular weight excluding hydrogens is 520 g/mol. The van der Waals surface area contributed by atoms with Crippen LogP contribution in [0.1, 0.15) is 38.2 Å². The molecule has 0 saturated carbocycles. The number of carbonyl (C=O) groups excluding carboxylic acids is 1. The van der Waals surface area contributed by atoms with E-state index < -0.39 is 9.84 Å². The van der Waals surface area contributed by atoms with Crippen molar-refractivity contribution in [2.45, 2.75) is 37.5 Å². The quantitative estimate of drug-likeness (QED) is 0.124. The molecule has 1 aliphatic heterocycles. The van der Waals surface area contributed by atoms with Gasteiger partial charge < -0.3 is 0 Å². The van der Waals surface area contributed by atoms with Crippen molar-refractivity contribution in [2.75, 3.05) is 0 Å². The summed E-state index contributed by atoms with van der Waals surface area (Å²) >= 11 is 1.70. The molecule has 0 amide bonds. The van der Waals surface area contributed by atoms with Gasteiger partial charge in [-0.25, -0.2) is 8.42 Å². The molecule has 0 fully saturated rings. The lowest BCUT2D eigenvalue weighted by Crippen LogP contribution is -2.21. The Hall–Kier alpha value is -3.69. The number of sulfone groups is 1. The molecule has 194 valence electrons. The zero-order valence-electron chi connectivity index (χ0n) is 21.3. The molecule has 0 aliphatic carbocycles. The van der Waals surface area contributed by atoms with E-state index in [2.05, 4.69) is 13.0 Å². The van der Waals surface area contributed by atoms with Crippen molar-refractivity contribution in [1.29, 1.82) is 0 Å². The van der Waals surface area contributed by atoms with Gasteiger partial charge in [-0.15, -0.1) is 11.3 Å². The molecular formula is C30H26O6S2. The van der Waals surface area contributed by atoms with Crippen molar-refractivity contribution < 1.29 is 23.7 Å². The average Bonchev–Trinajstić information content (AvgIpc) is 2.89. The first-order valence-corrected chi connectivity index (χ1v) is 14.0. The number of carbonyl (C=O) groups is 1. The van der Waals surface area contributed by atoms with Crippen molar-refractivity contribution >= 4 is 47.1 Å². The molecule has 6 nitrogen and oxygen atoms in total. The lowest BCUT2D eigenvalue weighted by molar-refractivity contribution is -0.176. The molecule has 5 aromatic rings. The minimum absolute atomic E-state index is 0.111. The second-order valence-electron chi connectivity index (χ2n) is 9.17. The molecule has 8 heteroatoms. The highest BCUT2D eigenvalue weighted by Crippen LogP contribution is 2.36. The van der Waals surface area contributed by atoms with E-state index in [-0.39, 0.29) is 32.1 Å². The van der Waals surface area contributed by atoms with E-state index in [1.807, 2.05) is 44.2 Å². The summed E-state index contributed by atoms with van der Waals surface area (Å²) < 4.78 is 27.4. The third-order valence-electron chi connectivity index (χ3n) is 6.36. The maximum atomic E-state index is 12.6. The fraction of sp³-hybridized carbons (Fsp3) is 0.133. The molecule has 0 atom stereocenters. The zero-order chi connectivity index (χ0) is 27.8. The molecule has 6 rings (SSSR count). The third kappa shape index (κ3) is 4.68. The van der Waals surface area contributed by atoms with Crippen LogP contribution in [0.3, 0.4) is 0 Å². The Morgan fingerprint density at radius 2 is 1.29 bits per heavy atom. The van der Waals surface area contributed by atoms with Crippen LogP contribution in [0.15, 0.2) is 87.4 Å². The Bertz CT molecular complexity index is 1890. The first kappa shape index (κ1) is 27.3. The number of fused-ring (bicyclic) bond motifs is 4. The van der Waals surface area contributed by atoms with Crippen LogP contribution in [0, 0.1) is 27.7 Å². The van der Waals surface area contributed by atoms with Gasteiger partial charge in [0.1, 0.15) is 0 Å². The summed E-state index contributed by atoms with van der Waals surface area (Å²) in [6.07, 6.45) is 0. The molecule has 1 aromatic heterocycles. The topological polar surface area (TPSA) is 109 Å². The third-order valence-corrected chi connectivity index (χ3v) is 9.70. The molecule has 0 saturated heterocycles. The van der Waals surface area contributed by atoms with Gasteiger partial charge in [0.2, 0.25) is 9.84 Å². The predicted octanol–water partition coefficient (Wildman–Crippen LogP) is 6.73. The number of benzene rings is 4. The average molecular weight is 547 g/mol. The normalized spacial score (nSPS) is 13.1.